The van der Waals surface area contributed by atoms with Gasteiger partial charge in [0.1, 0.15) is 5.82 Å². The molecule has 7 aromatic rings. The first-order chi connectivity index (χ1) is 22.2. The maximum Gasteiger partial charge on any atom is 2.00 e. The SMILES string of the molecule is CCc1nn(-c2[c-]c(Oc3[c-]c4c(cc3)c3ccccc3n4-c3cc(C)ccn3)cc(C)c2)c(CC)c1-c1c(C)cc(C)cc1C.[Pd+2]. The Morgan fingerprint density at radius 2 is 1.45 bits per heavy atom. The summed E-state index contributed by atoms with van der Waals surface area (Å²) in [5, 5.41) is 7.42. The molecule has 3 heterocycles. The number of hydrogen-bond donors (Lipinski definition) is 0. The van der Waals surface area contributed by atoms with Gasteiger partial charge in [0.05, 0.1) is 5.69 Å². The van der Waals surface area contributed by atoms with Gasteiger partial charge in [0.15, 0.2) is 0 Å². The number of para-hydroxylation sites is 1. The Morgan fingerprint density at radius 3 is 2.17 bits per heavy atom. The van der Waals surface area contributed by atoms with Crippen molar-refractivity contribution in [1.29, 1.82) is 0 Å². The summed E-state index contributed by atoms with van der Waals surface area (Å²) in [4.78, 5) is 4.71. The summed E-state index contributed by atoms with van der Waals surface area (Å²) >= 11 is 0. The van der Waals surface area contributed by atoms with E-state index >= 15 is 0 Å². The normalized spacial score (nSPS) is 11.3. The Kier molecular flexibility index (Phi) is 8.94. The van der Waals surface area contributed by atoms with Crippen LogP contribution in [0.2, 0.25) is 0 Å². The van der Waals surface area contributed by atoms with E-state index in [0.29, 0.717) is 11.5 Å². The van der Waals surface area contributed by atoms with Crippen LogP contribution in [0.1, 0.15) is 53.1 Å². The number of pyridine rings is 1. The molecule has 0 aliphatic carbocycles. The largest absolute Gasteiger partial charge is 2.00 e. The van der Waals surface area contributed by atoms with Crippen molar-refractivity contribution in [2.24, 2.45) is 0 Å². The van der Waals surface area contributed by atoms with Gasteiger partial charge in [-0.1, -0.05) is 62.2 Å². The fourth-order valence-electron chi connectivity index (χ4n) is 6.90. The molecular formula is C41H38N4OPd. The third-order valence-corrected chi connectivity index (χ3v) is 8.76. The van der Waals surface area contributed by atoms with Crippen LogP contribution >= 0.6 is 0 Å². The minimum atomic E-state index is 0. The quantitative estimate of drug-likeness (QED) is 0.122. The molecule has 7 rings (SSSR count). The van der Waals surface area contributed by atoms with Crippen LogP contribution in [-0.2, 0) is 33.3 Å². The molecule has 0 bridgehead atoms. The summed E-state index contributed by atoms with van der Waals surface area (Å²) in [5.74, 6) is 2.10. The number of hydrogen-bond acceptors (Lipinski definition) is 3. The Balaban J connectivity index is 0.00000386. The molecule has 47 heavy (non-hydrogen) atoms. The molecule has 0 saturated carbocycles. The van der Waals surface area contributed by atoms with Gasteiger partial charge in [-0.05, 0) is 92.1 Å². The van der Waals surface area contributed by atoms with E-state index < -0.39 is 0 Å². The second-order valence-corrected chi connectivity index (χ2v) is 12.3. The average Bonchev–Trinajstić information content (AvgIpc) is 3.55. The second kappa shape index (κ2) is 13.0. The second-order valence-electron chi connectivity index (χ2n) is 12.3. The van der Waals surface area contributed by atoms with E-state index in [1.165, 1.54) is 33.5 Å². The predicted octanol–water partition coefficient (Wildman–Crippen LogP) is 10.1. The van der Waals surface area contributed by atoms with Crippen molar-refractivity contribution in [2.45, 2.75) is 61.3 Å². The van der Waals surface area contributed by atoms with Gasteiger partial charge < -0.3 is 9.30 Å². The number of nitrogens with zero attached hydrogens (tertiary/aromatic N) is 4. The predicted molar refractivity (Wildman–Crippen MR) is 188 cm³/mol. The number of aryl methyl sites for hydroxylation is 6. The van der Waals surface area contributed by atoms with Crippen molar-refractivity contribution in [3.8, 4) is 34.1 Å². The summed E-state index contributed by atoms with van der Waals surface area (Å²) < 4.78 is 10.8. The molecule has 0 unspecified atom stereocenters. The number of aromatic nitrogens is 4. The molecule has 0 spiro atoms. The molecule has 238 valence electrons. The van der Waals surface area contributed by atoms with E-state index in [2.05, 4.69) is 124 Å². The van der Waals surface area contributed by atoms with Crippen LogP contribution in [0.3, 0.4) is 0 Å². The molecule has 0 aliphatic heterocycles. The zero-order valence-corrected chi connectivity index (χ0v) is 29.5. The van der Waals surface area contributed by atoms with Gasteiger partial charge in [-0.3, -0.25) is 4.68 Å². The topological polar surface area (TPSA) is 44.9 Å². The van der Waals surface area contributed by atoms with Gasteiger partial charge in [0.2, 0.25) is 0 Å². The van der Waals surface area contributed by atoms with Gasteiger partial charge in [-0.25, -0.2) is 4.98 Å². The van der Waals surface area contributed by atoms with Crippen LogP contribution in [0, 0.1) is 46.8 Å². The first-order valence-electron chi connectivity index (χ1n) is 16.0. The fraction of sp³-hybridized carbons (Fsp3) is 0.220. The third kappa shape index (κ3) is 5.82. The molecule has 6 heteroatoms. The van der Waals surface area contributed by atoms with Crippen molar-refractivity contribution in [1.82, 2.24) is 19.3 Å². The number of benzene rings is 4. The van der Waals surface area contributed by atoms with Gasteiger partial charge in [0, 0.05) is 34.5 Å². The Hall–Kier alpha value is -4.50. The van der Waals surface area contributed by atoms with Gasteiger partial charge >= 0.3 is 20.4 Å². The molecule has 3 aromatic heterocycles. The zero-order valence-electron chi connectivity index (χ0n) is 27.9. The van der Waals surface area contributed by atoms with E-state index in [1.54, 1.807) is 0 Å². The summed E-state index contributed by atoms with van der Waals surface area (Å²) in [5.41, 5.74) is 13.8. The van der Waals surface area contributed by atoms with Crippen molar-refractivity contribution < 1.29 is 25.2 Å². The minimum absolute atomic E-state index is 0. The molecule has 0 saturated heterocycles. The Bertz CT molecular complexity index is 2250. The molecule has 0 aliphatic rings. The summed E-state index contributed by atoms with van der Waals surface area (Å²) in [6, 6.07) is 32.4. The van der Waals surface area contributed by atoms with Crippen LogP contribution in [0.5, 0.6) is 11.5 Å². The molecule has 0 fully saturated rings. The molecule has 5 nitrogen and oxygen atoms in total. The third-order valence-electron chi connectivity index (χ3n) is 8.76. The molecule has 0 amide bonds. The molecule has 0 radical (unpaired) electrons. The average molecular weight is 709 g/mol. The summed E-state index contributed by atoms with van der Waals surface area (Å²) in [6.45, 7) is 15.1. The fourth-order valence-corrected chi connectivity index (χ4v) is 6.90. The van der Waals surface area contributed by atoms with Crippen molar-refractivity contribution in [3.63, 3.8) is 0 Å². The molecular weight excluding hydrogens is 671 g/mol. The summed E-state index contributed by atoms with van der Waals surface area (Å²) in [6.07, 6.45) is 3.54. The van der Waals surface area contributed by atoms with E-state index in [1.807, 2.05) is 24.4 Å². The number of fused-ring (bicyclic) bond motifs is 3. The van der Waals surface area contributed by atoms with Crippen molar-refractivity contribution in [2.75, 3.05) is 0 Å². The van der Waals surface area contributed by atoms with Crippen LogP contribution in [0.25, 0.3) is 44.4 Å². The van der Waals surface area contributed by atoms with E-state index in [4.69, 9.17) is 14.8 Å². The van der Waals surface area contributed by atoms with Crippen LogP contribution in [0.4, 0.5) is 0 Å². The first kappa shape index (κ1) is 32.4. The monoisotopic (exact) mass is 708 g/mol. The van der Waals surface area contributed by atoms with Crippen molar-refractivity contribution >= 4 is 21.8 Å². The maximum absolute atomic E-state index is 6.53. The van der Waals surface area contributed by atoms with Gasteiger partial charge in [0.25, 0.3) is 0 Å². The van der Waals surface area contributed by atoms with Crippen LogP contribution < -0.4 is 4.74 Å². The Morgan fingerprint density at radius 1 is 0.702 bits per heavy atom. The maximum atomic E-state index is 6.53. The van der Waals surface area contributed by atoms with Crippen molar-refractivity contribution in [3.05, 3.63) is 130 Å². The standard InChI is InChI=1S/C41H38N4O.Pd/c1-8-35-41(40-28(6)18-26(4)19-29(40)7)36(9-2)45(43-35)30-20-27(5)21-32(23-30)46-31-14-15-34-33-12-10-11-13-37(33)44(38(34)24-31)39-22-25(3)16-17-42-39;/h10-22H,8-9H2,1-7H3;/q-2;+2. The first-order valence-corrected chi connectivity index (χ1v) is 16.0. The number of ether oxygens (including phenoxy) is 1. The van der Waals surface area contributed by atoms with Gasteiger partial charge in [-0.2, -0.15) is 16.7 Å². The van der Waals surface area contributed by atoms with Crippen LogP contribution in [-0.4, -0.2) is 19.3 Å². The zero-order chi connectivity index (χ0) is 32.1. The number of rotatable bonds is 7. The molecule has 0 atom stereocenters. The van der Waals surface area contributed by atoms with Gasteiger partial charge in [-0.15, -0.1) is 35.7 Å². The molecule has 4 aromatic carbocycles. The van der Waals surface area contributed by atoms with E-state index in [0.717, 1.165) is 63.0 Å². The minimum Gasteiger partial charge on any atom is -0.509 e. The van der Waals surface area contributed by atoms with E-state index in [-0.39, 0.29) is 20.4 Å². The molecule has 0 N–H and O–H groups in total. The Labute approximate surface area is 290 Å². The smallest absolute Gasteiger partial charge is 0.509 e. The summed E-state index contributed by atoms with van der Waals surface area (Å²) in [7, 11) is 0. The van der Waals surface area contributed by atoms with Crippen LogP contribution in [0.15, 0.2) is 79.0 Å². The van der Waals surface area contributed by atoms with E-state index in [9.17, 15) is 0 Å².